The van der Waals surface area contributed by atoms with Gasteiger partial charge >= 0.3 is 0 Å². The number of anilines is 3. The summed E-state index contributed by atoms with van der Waals surface area (Å²) in [4.78, 5) is 13.2. The summed E-state index contributed by atoms with van der Waals surface area (Å²) in [6.45, 7) is 5.93. The van der Waals surface area contributed by atoms with E-state index in [-0.39, 0.29) is 0 Å². The van der Waals surface area contributed by atoms with E-state index in [1.54, 1.807) is 19.5 Å². The molecule has 2 heterocycles. The van der Waals surface area contributed by atoms with Crippen molar-refractivity contribution in [1.82, 2.24) is 15.0 Å². The Kier molecular flexibility index (Phi) is 5.10. The Bertz CT molecular complexity index is 1240. The molecule has 4 rings (SSSR count). The zero-order chi connectivity index (χ0) is 21.3. The van der Waals surface area contributed by atoms with Crippen LogP contribution in [0.15, 0.2) is 48.8 Å². The molecule has 0 saturated carbocycles. The minimum absolute atomic E-state index is 0.330. The standard InChI is InChI=1S/C23H23N5O2/c1-13-10-16(12-25-11-13)26-23-27-17-6-5-7-19(20(17)22(24)28-23)30-21-14(2)8-9-18(29-4)15(21)3/h5-12H,1-4H3,(H3,24,26,27,28). The minimum atomic E-state index is 0.330. The number of fused-ring (bicyclic) bond motifs is 1. The number of nitrogens with two attached hydrogens (primary N) is 1. The zero-order valence-corrected chi connectivity index (χ0v) is 17.4. The summed E-state index contributed by atoms with van der Waals surface area (Å²) in [5, 5.41) is 3.82. The van der Waals surface area contributed by atoms with Gasteiger partial charge in [0, 0.05) is 11.8 Å². The van der Waals surface area contributed by atoms with Gasteiger partial charge < -0.3 is 20.5 Å². The molecule has 4 aromatic rings. The molecule has 0 aliphatic heterocycles. The number of nitrogens with zero attached hydrogens (tertiary/aromatic N) is 3. The number of benzene rings is 2. The molecule has 0 amide bonds. The third kappa shape index (κ3) is 3.69. The van der Waals surface area contributed by atoms with Gasteiger partial charge in [-0.1, -0.05) is 12.1 Å². The molecule has 0 radical (unpaired) electrons. The molecule has 0 aliphatic carbocycles. The molecule has 0 fully saturated rings. The van der Waals surface area contributed by atoms with Gasteiger partial charge in [-0.25, -0.2) is 4.98 Å². The maximum Gasteiger partial charge on any atom is 0.229 e. The zero-order valence-electron chi connectivity index (χ0n) is 17.4. The third-order valence-electron chi connectivity index (χ3n) is 4.83. The molecular weight excluding hydrogens is 378 g/mol. The van der Waals surface area contributed by atoms with Crippen LogP contribution >= 0.6 is 0 Å². The molecular formula is C23H23N5O2. The largest absolute Gasteiger partial charge is 0.496 e. The smallest absolute Gasteiger partial charge is 0.229 e. The van der Waals surface area contributed by atoms with E-state index in [0.29, 0.717) is 28.4 Å². The molecule has 0 bridgehead atoms. The van der Waals surface area contributed by atoms with Crippen molar-refractivity contribution in [2.24, 2.45) is 0 Å². The van der Waals surface area contributed by atoms with E-state index < -0.39 is 0 Å². The second-order valence-electron chi connectivity index (χ2n) is 7.10. The number of nitrogen functional groups attached to an aromatic ring is 1. The van der Waals surface area contributed by atoms with E-state index in [1.807, 2.05) is 57.2 Å². The molecule has 0 atom stereocenters. The Morgan fingerprint density at radius 2 is 1.80 bits per heavy atom. The number of hydrogen-bond acceptors (Lipinski definition) is 7. The summed E-state index contributed by atoms with van der Waals surface area (Å²) in [6.07, 6.45) is 3.50. The van der Waals surface area contributed by atoms with Crippen LogP contribution in [0.5, 0.6) is 17.2 Å². The Morgan fingerprint density at radius 3 is 2.57 bits per heavy atom. The maximum absolute atomic E-state index is 6.32. The third-order valence-corrected chi connectivity index (χ3v) is 4.83. The number of aryl methyl sites for hydroxylation is 2. The summed E-state index contributed by atoms with van der Waals surface area (Å²) < 4.78 is 11.7. The van der Waals surface area contributed by atoms with Gasteiger partial charge in [-0.3, -0.25) is 4.98 Å². The molecule has 2 aromatic heterocycles. The summed E-state index contributed by atoms with van der Waals surface area (Å²) in [7, 11) is 1.64. The maximum atomic E-state index is 6.32. The lowest BCUT2D eigenvalue weighted by atomic mass is 10.1. The monoisotopic (exact) mass is 401 g/mol. The molecule has 0 unspecified atom stereocenters. The van der Waals surface area contributed by atoms with Crippen LogP contribution in [-0.2, 0) is 0 Å². The molecule has 3 N–H and O–H groups in total. The van der Waals surface area contributed by atoms with Gasteiger partial charge in [0.15, 0.2) is 0 Å². The molecule has 2 aromatic carbocycles. The molecule has 7 nitrogen and oxygen atoms in total. The van der Waals surface area contributed by atoms with Crippen molar-refractivity contribution in [2.75, 3.05) is 18.2 Å². The topological polar surface area (TPSA) is 95.2 Å². The average molecular weight is 401 g/mol. The first-order valence-corrected chi connectivity index (χ1v) is 9.53. The van der Waals surface area contributed by atoms with Crippen LogP contribution in [0.2, 0.25) is 0 Å². The van der Waals surface area contributed by atoms with E-state index in [4.69, 9.17) is 15.2 Å². The highest BCUT2D eigenvalue weighted by atomic mass is 16.5. The van der Waals surface area contributed by atoms with Crippen molar-refractivity contribution in [3.8, 4) is 17.2 Å². The van der Waals surface area contributed by atoms with Gasteiger partial charge in [-0.2, -0.15) is 4.98 Å². The van der Waals surface area contributed by atoms with Gasteiger partial charge in [0.2, 0.25) is 5.95 Å². The van der Waals surface area contributed by atoms with Gasteiger partial charge in [0.05, 0.1) is 29.9 Å². The van der Waals surface area contributed by atoms with Gasteiger partial charge in [-0.15, -0.1) is 0 Å². The normalized spacial score (nSPS) is 10.8. The van der Waals surface area contributed by atoms with Gasteiger partial charge in [-0.05, 0) is 56.2 Å². The van der Waals surface area contributed by atoms with Crippen molar-refractivity contribution in [2.45, 2.75) is 20.8 Å². The molecule has 30 heavy (non-hydrogen) atoms. The lowest BCUT2D eigenvalue weighted by Crippen LogP contribution is -2.03. The fourth-order valence-electron chi connectivity index (χ4n) is 3.37. The van der Waals surface area contributed by atoms with Crippen molar-refractivity contribution in [3.63, 3.8) is 0 Å². The number of rotatable bonds is 5. The van der Waals surface area contributed by atoms with Gasteiger partial charge in [0.1, 0.15) is 23.1 Å². The van der Waals surface area contributed by atoms with Crippen molar-refractivity contribution in [3.05, 3.63) is 65.5 Å². The van der Waals surface area contributed by atoms with Crippen LogP contribution in [0.1, 0.15) is 16.7 Å². The van der Waals surface area contributed by atoms with Gasteiger partial charge in [0.25, 0.3) is 0 Å². The summed E-state index contributed by atoms with van der Waals surface area (Å²) in [5.41, 5.74) is 10.7. The molecule has 0 spiro atoms. The number of ether oxygens (including phenoxy) is 2. The number of methoxy groups -OCH3 is 1. The van der Waals surface area contributed by atoms with Crippen LogP contribution < -0.4 is 20.5 Å². The summed E-state index contributed by atoms with van der Waals surface area (Å²) in [6, 6.07) is 11.5. The van der Waals surface area contributed by atoms with Crippen molar-refractivity contribution >= 4 is 28.4 Å². The van der Waals surface area contributed by atoms with Crippen LogP contribution in [0.3, 0.4) is 0 Å². The first kappa shape index (κ1) is 19.4. The lowest BCUT2D eigenvalue weighted by Gasteiger charge is -2.16. The predicted molar refractivity (Wildman–Crippen MR) is 119 cm³/mol. The Balaban J connectivity index is 1.75. The molecule has 0 aliphatic rings. The first-order valence-electron chi connectivity index (χ1n) is 9.53. The number of nitrogens with one attached hydrogen (secondary N) is 1. The summed E-state index contributed by atoms with van der Waals surface area (Å²) >= 11 is 0. The highest BCUT2D eigenvalue weighted by Crippen LogP contribution is 2.38. The second kappa shape index (κ2) is 7.87. The fourth-order valence-corrected chi connectivity index (χ4v) is 3.37. The Morgan fingerprint density at radius 1 is 0.967 bits per heavy atom. The number of hydrogen-bond donors (Lipinski definition) is 2. The quantitative estimate of drug-likeness (QED) is 0.482. The van der Waals surface area contributed by atoms with Crippen LogP contribution in [0.25, 0.3) is 10.9 Å². The molecule has 7 heteroatoms. The predicted octanol–water partition coefficient (Wildman–Crippen LogP) is 5.08. The van der Waals surface area contributed by atoms with Crippen LogP contribution in [-0.4, -0.2) is 22.1 Å². The fraction of sp³-hybridized carbons (Fsp3) is 0.174. The van der Waals surface area contributed by atoms with Crippen molar-refractivity contribution in [1.29, 1.82) is 0 Å². The van der Waals surface area contributed by atoms with E-state index in [9.17, 15) is 0 Å². The molecule has 0 saturated heterocycles. The van der Waals surface area contributed by atoms with Crippen LogP contribution in [0, 0.1) is 20.8 Å². The van der Waals surface area contributed by atoms with E-state index >= 15 is 0 Å². The Hall–Kier alpha value is -3.87. The van der Waals surface area contributed by atoms with E-state index in [2.05, 4.69) is 20.3 Å². The number of pyridine rings is 1. The lowest BCUT2D eigenvalue weighted by molar-refractivity contribution is 0.404. The number of aromatic nitrogens is 3. The van der Waals surface area contributed by atoms with E-state index in [1.165, 1.54) is 0 Å². The highest BCUT2D eigenvalue weighted by Gasteiger charge is 2.15. The SMILES string of the molecule is COc1ccc(C)c(Oc2cccc3nc(Nc4cncc(C)c4)nc(N)c23)c1C. The van der Waals surface area contributed by atoms with E-state index in [0.717, 1.165) is 33.9 Å². The second-order valence-corrected chi connectivity index (χ2v) is 7.10. The minimum Gasteiger partial charge on any atom is -0.496 e. The van der Waals surface area contributed by atoms with Crippen LogP contribution in [0.4, 0.5) is 17.5 Å². The summed E-state index contributed by atoms with van der Waals surface area (Å²) in [5.74, 6) is 2.82. The average Bonchev–Trinajstić information content (AvgIpc) is 2.71. The Labute approximate surface area is 174 Å². The first-order chi connectivity index (χ1) is 14.5. The van der Waals surface area contributed by atoms with Crippen molar-refractivity contribution < 1.29 is 9.47 Å². The molecule has 152 valence electrons. The highest BCUT2D eigenvalue weighted by molar-refractivity contribution is 5.95.